The first-order valence-electron chi connectivity index (χ1n) is 7.58. The van der Waals surface area contributed by atoms with E-state index >= 15 is 0 Å². The molecule has 0 bridgehead atoms. The molecule has 0 aromatic rings. The number of fused-ring (bicyclic) bond motifs is 1. The molecule has 2 saturated heterocycles. The van der Waals surface area contributed by atoms with Crippen molar-refractivity contribution >= 4 is 12.6 Å². The normalized spacial score (nSPS) is 29.0. The molecular formula is C15H30N2S. The maximum atomic E-state index is 4.57. The summed E-state index contributed by atoms with van der Waals surface area (Å²) < 4.78 is 0. The summed E-state index contributed by atoms with van der Waals surface area (Å²) in [6.07, 6.45) is 4.17. The van der Waals surface area contributed by atoms with Gasteiger partial charge in [-0.15, -0.1) is 0 Å². The molecule has 2 aliphatic heterocycles. The summed E-state index contributed by atoms with van der Waals surface area (Å²) in [5, 5.41) is 0. The molecule has 0 N–H and O–H groups in total. The summed E-state index contributed by atoms with van der Waals surface area (Å²) in [7, 11) is 0. The predicted molar refractivity (Wildman–Crippen MR) is 82.5 cm³/mol. The van der Waals surface area contributed by atoms with Gasteiger partial charge in [0.05, 0.1) is 0 Å². The molecule has 2 atom stereocenters. The van der Waals surface area contributed by atoms with Gasteiger partial charge in [-0.1, -0.05) is 20.8 Å². The Morgan fingerprint density at radius 3 is 2.56 bits per heavy atom. The number of thiol groups is 1. The van der Waals surface area contributed by atoms with Crippen molar-refractivity contribution in [1.82, 2.24) is 9.80 Å². The Morgan fingerprint density at radius 1 is 1.17 bits per heavy atom. The fourth-order valence-corrected chi connectivity index (χ4v) is 4.03. The van der Waals surface area contributed by atoms with Gasteiger partial charge in [-0.25, -0.2) is 0 Å². The van der Waals surface area contributed by atoms with Crippen LogP contribution in [-0.2, 0) is 0 Å². The van der Waals surface area contributed by atoms with Crippen molar-refractivity contribution in [2.45, 2.75) is 46.1 Å². The molecule has 18 heavy (non-hydrogen) atoms. The molecule has 2 nitrogen and oxygen atoms in total. The average Bonchev–Trinajstić information content (AvgIpc) is 2.63. The molecule has 106 valence electrons. The highest BCUT2D eigenvalue weighted by Crippen LogP contribution is 2.29. The van der Waals surface area contributed by atoms with Gasteiger partial charge < -0.3 is 4.90 Å². The van der Waals surface area contributed by atoms with E-state index in [4.69, 9.17) is 0 Å². The lowest BCUT2D eigenvalue weighted by atomic mass is 9.81. The van der Waals surface area contributed by atoms with Crippen LogP contribution in [0.25, 0.3) is 0 Å². The largest absolute Gasteiger partial charge is 0.301 e. The van der Waals surface area contributed by atoms with E-state index in [1.165, 1.54) is 52.0 Å². The van der Waals surface area contributed by atoms with Crippen molar-refractivity contribution in [3.63, 3.8) is 0 Å². The second kappa shape index (κ2) is 6.15. The minimum absolute atomic E-state index is 0.378. The fourth-order valence-electron chi connectivity index (χ4n) is 3.37. The zero-order chi connectivity index (χ0) is 13.2. The van der Waals surface area contributed by atoms with Crippen LogP contribution in [0, 0.1) is 11.3 Å². The SMILES string of the molecule is CC(C)(C)C(CS)CN1CCCN2CCCC2C1. The van der Waals surface area contributed by atoms with Crippen molar-refractivity contribution in [3.05, 3.63) is 0 Å². The first kappa shape index (κ1) is 14.7. The van der Waals surface area contributed by atoms with Gasteiger partial charge in [-0.3, -0.25) is 4.90 Å². The van der Waals surface area contributed by atoms with Gasteiger partial charge in [0.2, 0.25) is 0 Å². The van der Waals surface area contributed by atoms with E-state index in [1.54, 1.807) is 0 Å². The Morgan fingerprint density at radius 2 is 1.89 bits per heavy atom. The third kappa shape index (κ3) is 3.64. The lowest BCUT2D eigenvalue weighted by Gasteiger charge is -2.35. The van der Waals surface area contributed by atoms with Crippen LogP contribution in [0.15, 0.2) is 0 Å². The molecule has 3 heteroatoms. The van der Waals surface area contributed by atoms with Crippen LogP contribution in [0.3, 0.4) is 0 Å². The average molecular weight is 270 g/mol. The molecule has 0 saturated carbocycles. The van der Waals surface area contributed by atoms with E-state index in [2.05, 4.69) is 43.2 Å². The van der Waals surface area contributed by atoms with Crippen LogP contribution in [0.1, 0.15) is 40.0 Å². The van der Waals surface area contributed by atoms with Crippen LogP contribution in [-0.4, -0.2) is 54.3 Å². The first-order chi connectivity index (χ1) is 8.50. The number of hydrogen-bond acceptors (Lipinski definition) is 3. The minimum Gasteiger partial charge on any atom is -0.301 e. The van der Waals surface area contributed by atoms with Crippen molar-refractivity contribution in [2.24, 2.45) is 11.3 Å². The maximum absolute atomic E-state index is 4.57. The second-order valence-electron chi connectivity index (χ2n) is 7.19. The van der Waals surface area contributed by atoms with Gasteiger partial charge >= 0.3 is 0 Å². The van der Waals surface area contributed by atoms with E-state index in [0.29, 0.717) is 11.3 Å². The summed E-state index contributed by atoms with van der Waals surface area (Å²) in [6, 6.07) is 0.841. The monoisotopic (exact) mass is 270 g/mol. The van der Waals surface area contributed by atoms with Crippen LogP contribution >= 0.6 is 12.6 Å². The molecule has 2 aliphatic rings. The molecule has 0 radical (unpaired) electrons. The van der Waals surface area contributed by atoms with Crippen LogP contribution < -0.4 is 0 Å². The van der Waals surface area contributed by atoms with Crippen molar-refractivity contribution < 1.29 is 0 Å². The zero-order valence-corrected chi connectivity index (χ0v) is 13.3. The quantitative estimate of drug-likeness (QED) is 0.788. The molecule has 0 aliphatic carbocycles. The molecule has 2 rings (SSSR count). The molecule has 0 aromatic carbocycles. The number of hydrogen-bond donors (Lipinski definition) is 1. The highest BCUT2D eigenvalue weighted by atomic mass is 32.1. The maximum Gasteiger partial charge on any atom is 0.0223 e. The van der Waals surface area contributed by atoms with E-state index in [0.717, 1.165) is 11.8 Å². The topological polar surface area (TPSA) is 6.48 Å². The Hall–Kier alpha value is 0.270. The van der Waals surface area contributed by atoms with Crippen molar-refractivity contribution in [3.8, 4) is 0 Å². The van der Waals surface area contributed by atoms with Crippen LogP contribution in [0.2, 0.25) is 0 Å². The van der Waals surface area contributed by atoms with E-state index in [-0.39, 0.29) is 0 Å². The summed E-state index contributed by atoms with van der Waals surface area (Å²) >= 11 is 4.57. The number of rotatable bonds is 3. The molecular weight excluding hydrogens is 240 g/mol. The van der Waals surface area contributed by atoms with Crippen LogP contribution in [0.4, 0.5) is 0 Å². The van der Waals surface area contributed by atoms with Gasteiger partial charge in [0.15, 0.2) is 0 Å². The minimum atomic E-state index is 0.378. The third-order valence-electron chi connectivity index (χ3n) is 4.81. The molecule has 2 unspecified atom stereocenters. The zero-order valence-electron chi connectivity index (χ0n) is 12.4. The standard InChI is InChI=1S/C15H30N2S/c1-15(2,3)13(12-18)10-16-7-5-9-17-8-4-6-14(17)11-16/h13-14,18H,4-12H2,1-3H3. The van der Waals surface area contributed by atoms with Gasteiger partial charge in [-0.05, 0) is 56.0 Å². The highest BCUT2D eigenvalue weighted by molar-refractivity contribution is 7.80. The third-order valence-corrected chi connectivity index (χ3v) is 5.25. The van der Waals surface area contributed by atoms with Gasteiger partial charge in [0.25, 0.3) is 0 Å². The van der Waals surface area contributed by atoms with Gasteiger partial charge in [-0.2, -0.15) is 12.6 Å². The molecule has 2 heterocycles. The predicted octanol–water partition coefficient (Wildman–Crippen LogP) is 2.75. The first-order valence-corrected chi connectivity index (χ1v) is 8.21. The van der Waals surface area contributed by atoms with Gasteiger partial charge in [0, 0.05) is 19.1 Å². The highest BCUT2D eigenvalue weighted by Gasteiger charge is 2.31. The molecule has 2 fully saturated rings. The Balaban J connectivity index is 1.92. The second-order valence-corrected chi connectivity index (χ2v) is 7.56. The summed E-state index contributed by atoms with van der Waals surface area (Å²) in [5.74, 6) is 1.71. The Kier molecular flexibility index (Phi) is 5.01. The van der Waals surface area contributed by atoms with Crippen molar-refractivity contribution in [1.29, 1.82) is 0 Å². The number of nitrogens with zero attached hydrogens (tertiary/aromatic N) is 2. The lowest BCUT2D eigenvalue weighted by molar-refractivity contribution is 0.153. The fraction of sp³-hybridized carbons (Fsp3) is 1.00. The van der Waals surface area contributed by atoms with E-state index in [1.807, 2.05) is 0 Å². The van der Waals surface area contributed by atoms with E-state index in [9.17, 15) is 0 Å². The smallest absolute Gasteiger partial charge is 0.0223 e. The molecule has 0 amide bonds. The molecule has 0 spiro atoms. The lowest BCUT2D eigenvalue weighted by Crippen LogP contribution is -2.41. The Labute approximate surface area is 119 Å². The molecule has 0 aromatic heterocycles. The Bertz CT molecular complexity index is 262. The summed E-state index contributed by atoms with van der Waals surface area (Å²) in [5.41, 5.74) is 0.378. The van der Waals surface area contributed by atoms with Crippen LogP contribution in [0.5, 0.6) is 0 Å². The van der Waals surface area contributed by atoms with Gasteiger partial charge in [0.1, 0.15) is 0 Å². The summed E-state index contributed by atoms with van der Waals surface area (Å²) in [6.45, 7) is 13.5. The van der Waals surface area contributed by atoms with E-state index < -0.39 is 0 Å². The summed E-state index contributed by atoms with van der Waals surface area (Å²) in [4.78, 5) is 5.43. The van der Waals surface area contributed by atoms with Crippen molar-refractivity contribution in [2.75, 3.05) is 38.5 Å².